The van der Waals surface area contributed by atoms with E-state index in [9.17, 15) is 0 Å². The lowest BCUT2D eigenvalue weighted by atomic mass is 10.0. The second-order valence-corrected chi connectivity index (χ2v) is 6.01. The second kappa shape index (κ2) is 8.59. The minimum atomic E-state index is 0.402. The van der Waals surface area contributed by atoms with Crippen molar-refractivity contribution in [3.63, 3.8) is 0 Å². The number of nitrogens with one attached hydrogen (secondary N) is 1. The van der Waals surface area contributed by atoms with Crippen molar-refractivity contribution in [1.82, 2.24) is 5.32 Å². The summed E-state index contributed by atoms with van der Waals surface area (Å²) in [4.78, 5) is 0. The second-order valence-electron chi connectivity index (χ2n) is 6.01. The molecule has 23 heavy (non-hydrogen) atoms. The van der Waals surface area contributed by atoms with E-state index in [0.717, 1.165) is 24.5 Å². The fourth-order valence-electron chi connectivity index (χ4n) is 2.71. The molecule has 0 radical (unpaired) electrons. The van der Waals surface area contributed by atoms with E-state index in [0.29, 0.717) is 12.0 Å². The van der Waals surface area contributed by atoms with Gasteiger partial charge in [-0.05, 0) is 42.5 Å². The van der Waals surface area contributed by atoms with Crippen LogP contribution in [0.3, 0.4) is 0 Å². The van der Waals surface area contributed by atoms with Crippen LogP contribution in [0.15, 0.2) is 48.5 Å². The third-order valence-corrected chi connectivity index (χ3v) is 4.13. The lowest BCUT2D eigenvalue weighted by Crippen LogP contribution is -2.31. The fourth-order valence-corrected chi connectivity index (χ4v) is 2.71. The first-order valence-electron chi connectivity index (χ1n) is 8.13. The van der Waals surface area contributed by atoms with E-state index in [4.69, 9.17) is 9.47 Å². The maximum absolute atomic E-state index is 5.37. The van der Waals surface area contributed by atoms with E-state index in [1.165, 1.54) is 11.1 Å². The molecule has 0 aliphatic carbocycles. The zero-order valence-corrected chi connectivity index (χ0v) is 14.5. The first-order chi connectivity index (χ1) is 11.1. The third-order valence-electron chi connectivity index (χ3n) is 4.13. The summed E-state index contributed by atoms with van der Waals surface area (Å²) in [6.07, 6.45) is 0.960. The largest absolute Gasteiger partial charge is 0.493 e. The van der Waals surface area contributed by atoms with E-state index in [2.05, 4.69) is 61.6 Å². The van der Waals surface area contributed by atoms with Crippen molar-refractivity contribution < 1.29 is 9.47 Å². The molecule has 0 aliphatic rings. The van der Waals surface area contributed by atoms with Crippen LogP contribution in [0.2, 0.25) is 0 Å². The molecule has 0 aliphatic heterocycles. The number of hydrogen-bond acceptors (Lipinski definition) is 3. The third kappa shape index (κ3) is 5.00. The van der Waals surface area contributed by atoms with Gasteiger partial charge in [-0.2, -0.15) is 0 Å². The predicted molar refractivity (Wildman–Crippen MR) is 95.6 cm³/mol. The first kappa shape index (κ1) is 17.4. The maximum atomic E-state index is 5.37. The van der Waals surface area contributed by atoms with Crippen molar-refractivity contribution in [2.45, 2.75) is 32.2 Å². The number of methoxy groups -OCH3 is 2. The van der Waals surface area contributed by atoms with Crippen LogP contribution in [0, 0.1) is 0 Å². The van der Waals surface area contributed by atoms with Crippen molar-refractivity contribution in [2.24, 2.45) is 0 Å². The van der Waals surface area contributed by atoms with E-state index >= 15 is 0 Å². The highest BCUT2D eigenvalue weighted by molar-refractivity contribution is 5.43. The van der Waals surface area contributed by atoms with Gasteiger partial charge in [0.15, 0.2) is 11.5 Å². The number of hydrogen-bond donors (Lipinski definition) is 1. The average Bonchev–Trinajstić information content (AvgIpc) is 2.60. The highest BCUT2D eigenvalue weighted by Crippen LogP contribution is 2.28. The van der Waals surface area contributed by atoms with Gasteiger partial charge in [0.1, 0.15) is 0 Å². The van der Waals surface area contributed by atoms with Crippen molar-refractivity contribution in [2.75, 3.05) is 20.8 Å². The van der Waals surface area contributed by atoms with Crippen LogP contribution in [0.1, 0.15) is 30.9 Å². The van der Waals surface area contributed by atoms with Gasteiger partial charge in [0, 0.05) is 12.6 Å². The molecule has 1 N–H and O–H groups in total. The summed E-state index contributed by atoms with van der Waals surface area (Å²) in [6.45, 7) is 5.44. The Morgan fingerprint density at radius 2 is 1.61 bits per heavy atom. The smallest absolute Gasteiger partial charge is 0.160 e. The standard InChI is InChI=1S/C20H27NO2/c1-15(18-8-6-5-7-9-18)14-21-16(2)12-17-10-11-19(22-3)20(13-17)23-4/h5-11,13,15-16,21H,12,14H2,1-4H3. The minimum absolute atomic E-state index is 0.402. The van der Waals surface area contributed by atoms with Crippen molar-refractivity contribution in [1.29, 1.82) is 0 Å². The molecule has 0 amide bonds. The van der Waals surface area contributed by atoms with Crippen LogP contribution in [0.5, 0.6) is 11.5 Å². The highest BCUT2D eigenvalue weighted by Gasteiger charge is 2.10. The van der Waals surface area contributed by atoms with E-state index < -0.39 is 0 Å². The van der Waals surface area contributed by atoms with Crippen molar-refractivity contribution in [3.8, 4) is 11.5 Å². The van der Waals surface area contributed by atoms with Gasteiger partial charge in [-0.3, -0.25) is 0 Å². The van der Waals surface area contributed by atoms with E-state index in [1.54, 1.807) is 14.2 Å². The topological polar surface area (TPSA) is 30.5 Å². The van der Waals surface area contributed by atoms with Crippen LogP contribution in [0.25, 0.3) is 0 Å². The number of rotatable bonds is 8. The van der Waals surface area contributed by atoms with Gasteiger partial charge in [0.25, 0.3) is 0 Å². The van der Waals surface area contributed by atoms with Crippen molar-refractivity contribution in [3.05, 3.63) is 59.7 Å². The summed E-state index contributed by atoms with van der Waals surface area (Å²) in [6, 6.07) is 17.1. The Kier molecular flexibility index (Phi) is 6.48. The van der Waals surface area contributed by atoms with Gasteiger partial charge in [-0.1, -0.05) is 43.3 Å². The molecule has 0 saturated carbocycles. The maximum Gasteiger partial charge on any atom is 0.160 e. The molecule has 124 valence electrons. The van der Waals surface area contributed by atoms with Gasteiger partial charge in [0.2, 0.25) is 0 Å². The molecule has 2 unspecified atom stereocenters. The SMILES string of the molecule is COc1ccc(CC(C)NCC(C)c2ccccc2)cc1OC. The van der Waals surface area contributed by atoms with E-state index in [-0.39, 0.29) is 0 Å². The molecule has 3 nitrogen and oxygen atoms in total. The Labute approximate surface area is 139 Å². The Hall–Kier alpha value is -2.00. The molecule has 0 fully saturated rings. The number of ether oxygens (including phenoxy) is 2. The summed E-state index contributed by atoms with van der Waals surface area (Å²) < 4.78 is 10.7. The molecule has 0 saturated heterocycles. The molecule has 2 rings (SSSR count). The van der Waals surface area contributed by atoms with Gasteiger partial charge in [-0.25, -0.2) is 0 Å². The van der Waals surface area contributed by atoms with Gasteiger partial charge in [-0.15, -0.1) is 0 Å². The summed E-state index contributed by atoms with van der Waals surface area (Å²) in [5, 5.41) is 3.62. The lowest BCUT2D eigenvalue weighted by Gasteiger charge is -2.19. The Morgan fingerprint density at radius 1 is 0.913 bits per heavy atom. The molecule has 0 aromatic heterocycles. The van der Waals surface area contributed by atoms with Gasteiger partial charge >= 0.3 is 0 Å². The van der Waals surface area contributed by atoms with Gasteiger partial charge < -0.3 is 14.8 Å². The molecule has 2 atom stereocenters. The van der Waals surface area contributed by atoms with Crippen molar-refractivity contribution >= 4 is 0 Å². The van der Waals surface area contributed by atoms with Crippen LogP contribution in [-0.4, -0.2) is 26.8 Å². The first-order valence-corrected chi connectivity index (χ1v) is 8.13. The predicted octanol–water partition coefficient (Wildman–Crippen LogP) is 4.03. The summed E-state index contributed by atoms with van der Waals surface area (Å²) in [5.74, 6) is 2.06. The van der Waals surface area contributed by atoms with Crippen LogP contribution >= 0.6 is 0 Å². The van der Waals surface area contributed by atoms with Crippen LogP contribution in [0.4, 0.5) is 0 Å². The molecular formula is C20H27NO2. The molecule has 0 spiro atoms. The summed E-state index contributed by atoms with van der Waals surface area (Å²) in [5.41, 5.74) is 2.62. The van der Waals surface area contributed by atoms with E-state index in [1.807, 2.05) is 6.07 Å². The summed E-state index contributed by atoms with van der Waals surface area (Å²) >= 11 is 0. The van der Waals surface area contributed by atoms with Crippen LogP contribution in [-0.2, 0) is 6.42 Å². The lowest BCUT2D eigenvalue weighted by molar-refractivity contribution is 0.354. The quantitative estimate of drug-likeness (QED) is 0.798. The molecule has 2 aromatic carbocycles. The monoisotopic (exact) mass is 313 g/mol. The highest BCUT2D eigenvalue weighted by atomic mass is 16.5. The molecule has 0 bridgehead atoms. The fraction of sp³-hybridized carbons (Fsp3) is 0.400. The Bertz CT molecular complexity index is 598. The van der Waals surface area contributed by atoms with Crippen LogP contribution < -0.4 is 14.8 Å². The minimum Gasteiger partial charge on any atom is -0.493 e. The zero-order chi connectivity index (χ0) is 16.7. The molecule has 0 heterocycles. The molecule has 3 heteroatoms. The Balaban J connectivity index is 1.88. The van der Waals surface area contributed by atoms with Gasteiger partial charge in [0.05, 0.1) is 14.2 Å². The zero-order valence-electron chi connectivity index (χ0n) is 14.5. The normalized spacial score (nSPS) is 13.4. The Morgan fingerprint density at radius 3 is 2.26 bits per heavy atom. The summed E-state index contributed by atoms with van der Waals surface area (Å²) in [7, 11) is 3.33. The molecule has 2 aromatic rings. The number of benzene rings is 2. The average molecular weight is 313 g/mol. The molecular weight excluding hydrogens is 286 g/mol.